The van der Waals surface area contributed by atoms with E-state index in [2.05, 4.69) is 52.3 Å². The maximum Gasteiger partial charge on any atom is 0.223 e. The van der Waals surface area contributed by atoms with Crippen LogP contribution >= 0.6 is 0 Å². The number of rotatable bonds is 5. The fourth-order valence-corrected chi connectivity index (χ4v) is 3.13. The second-order valence-electron chi connectivity index (χ2n) is 6.99. The Balaban J connectivity index is 1.33. The van der Waals surface area contributed by atoms with Crippen LogP contribution in [0.5, 0.6) is 5.75 Å². The van der Waals surface area contributed by atoms with E-state index < -0.39 is 0 Å². The molecule has 9 nitrogen and oxygen atoms in total. The van der Waals surface area contributed by atoms with Crippen LogP contribution in [-0.4, -0.2) is 42.2 Å². The molecular formula is C24H18N8O. The highest BCUT2D eigenvalue weighted by Gasteiger charge is 2.07. The van der Waals surface area contributed by atoms with Crippen LogP contribution in [0.3, 0.4) is 0 Å². The topological polar surface area (TPSA) is 114 Å². The first-order valence-electron chi connectivity index (χ1n) is 10.1. The number of hydrogen-bond donors (Lipinski definition) is 2. The molecule has 0 aliphatic rings. The van der Waals surface area contributed by atoms with Crippen molar-refractivity contribution in [2.45, 2.75) is 6.54 Å². The zero-order chi connectivity index (χ0) is 22.5. The molecule has 5 rings (SSSR count). The van der Waals surface area contributed by atoms with E-state index in [0.29, 0.717) is 29.7 Å². The third kappa shape index (κ3) is 4.75. The van der Waals surface area contributed by atoms with Gasteiger partial charge in [0.1, 0.15) is 17.1 Å². The van der Waals surface area contributed by atoms with E-state index in [1.807, 2.05) is 24.3 Å². The molecule has 0 aliphatic carbocycles. The summed E-state index contributed by atoms with van der Waals surface area (Å²) in [5, 5.41) is 11.1. The maximum atomic E-state index is 5.23. The molecule has 0 unspecified atom stereocenters. The molecule has 160 valence electrons. The monoisotopic (exact) mass is 434 g/mol. The van der Waals surface area contributed by atoms with Crippen LogP contribution in [0.15, 0.2) is 67.3 Å². The summed E-state index contributed by atoms with van der Waals surface area (Å²) in [7, 11) is 1.62. The number of pyridine rings is 1. The fraction of sp³-hybridized carbons (Fsp3) is 0.0833. The Kier molecular flexibility index (Phi) is 5.55. The number of anilines is 1. The van der Waals surface area contributed by atoms with Crippen molar-refractivity contribution >= 4 is 16.9 Å². The van der Waals surface area contributed by atoms with Crippen LogP contribution in [0.25, 0.3) is 22.4 Å². The van der Waals surface area contributed by atoms with Gasteiger partial charge in [-0.2, -0.15) is 5.10 Å². The zero-order valence-electron chi connectivity index (χ0n) is 17.6. The van der Waals surface area contributed by atoms with Gasteiger partial charge in [-0.25, -0.2) is 19.9 Å². The summed E-state index contributed by atoms with van der Waals surface area (Å²) in [5.74, 6) is 7.89. The molecular weight excluding hydrogens is 416 g/mol. The Morgan fingerprint density at radius 3 is 2.79 bits per heavy atom. The third-order valence-corrected chi connectivity index (χ3v) is 4.77. The van der Waals surface area contributed by atoms with Crippen molar-refractivity contribution in [1.82, 2.24) is 35.1 Å². The van der Waals surface area contributed by atoms with Crippen LogP contribution in [0, 0.1) is 11.8 Å². The van der Waals surface area contributed by atoms with Gasteiger partial charge in [-0.15, -0.1) is 0 Å². The fourth-order valence-electron chi connectivity index (χ4n) is 3.13. The van der Waals surface area contributed by atoms with Gasteiger partial charge in [0.25, 0.3) is 0 Å². The van der Waals surface area contributed by atoms with E-state index in [4.69, 9.17) is 4.74 Å². The van der Waals surface area contributed by atoms with Crippen LogP contribution in [-0.2, 0) is 6.54 Å². The number of ether oxygens (including phenoxy) is 1. The van der Waals surface area contributed by atoms with Gasteiger partial charge < -0.3 is 10.1 Å². The molecule has 33 heavy (non-hydrogen) atoms. The molecule has 0 saturated carbocycles. The maximum absolute atomic E-state index is 5.23. The minimum atomic E-state index is 0.450. The van der Waals surface area contributed by atoms with Gasteiger partial charge in [-0.05, 0) is 42.3 Å². The highest BCUT2D eigenvalue weighted by molar-refractivity contribution is 5.79. The number of fused-ring (bicyclic) bond motifs is 1. The van der Waals surface area contributed by atoms with E-state index in [9.17, 15) is 0 Å². The molecule has 0 aliphatic heterocycles. The highest BCUT2D eigenvalue weighted by Crippen LogP contribution is 2.15. The lowest BCUT2D eigenvalue weighted by Gasteiger charge is -2.07. The number of nitrogens with zero attached hydrogens (tertiary/aromatic N) is 6. The number of hydrogen-bond acceptors (Lipinski definition) is 8. The number of aromatic amines is 1. The van der Waals surface area contributed by atoms with Gasteiger partial charge in [0.2, 0.25) is 5.95 Å². The first kappa shape index (κ1) is 20.1. The van der Waals surface area contributed by atoms with Crippen molar-refractivity contribution in [2.75, 3.05) is 12.4 Å². The Morgan fingerprint density at radius 1 is 0.939 bits per heavy atom. The number of H-pyrrole nitrogens is 1. The van der Waals surface area contributed by atoms with Crippen molar-refractivity contribution in [3.63, 3.8) is 0 Å². The standard InChI is InChI=1S/C24H18N8O/c1-33-20-7-10-25-19(13-20)15-28-24-27-11-8-22(31-24)23-26-9-6-18(30-23)4-2-16-3-5-21-17(12-16)14-29-32-21/h3,5-14H,15H2,1H3,(H,29,32)(H,27,28,31). The SMILES string of the molecule is COc1ccnc(CNc2nccc(-c3nccc(C#Cc4ccc5[nH]ncc5c4)n3)n2)c1. The summed E-state index contributed by atoms with van der Waals surface area (Å²) in [5.41, 5.74) is 3.85. The minimum Gasteiger partial charge on any atom is -0.497 e. The van der Waals surface area contributed by atoms with Crippen molar-refractivity contribution in [1.29, 1.82) is 0 Å². The predicted molar refractivity (Wildman–Crippen MR) is 123 cm³/mol. The Morgan fingerprint density at radius 2 is 1.85 bits per heavy atom. The number of benzene rings is 1. The molecule has 0 atom stereocenters. The van der Waals surface area contributed by atoms with Gasteiger partial charge in [0.05, 0.1) is 31.1 Å². The molecule has 5 aromatic rings. The number of methoxy groups -OCH3 is 1. The smallest absolute Gasteiger partial charge is 0.223 e. The molecule has 0 spiro atoms. The molecule has 0 fully saturated rings. The lowest BCUT2D eigenvalue weighted by atomic mass is 10.1. The third-order valence-electron chi connectivity index (χ3n) is 4.77. The molecule has 9 heteroatoms. The predicted octanol–water partition coefficient (Wildman–Crippen LogP) is 3.23. The normalized spacial score (nSPS) is 10.5. The minimum absolute atomic E-state index is 0.450. The van der Waals surface area contributed by atoms with Crippen molar-refractivity contribution in [2.24, 2.45) is 0 Å². The van der Waals surface area contributed by atoms with Gasteiger partial charge in [-0.3, -0.25) is 10.1 Å². The largest absolute Gasteiger partial charge is 0.497 e. The summed E-state index contributed by atoms with van der Waals surface area (Å²) in [6.07, 6.45) is 6.79. The van der Waals surface area contributed by atoms with E-state index >= 15 is 0 Å². The summed E-state index contributed by atoms with van der Waals surface area (Å²) < 4.78 is 5.23. The lowest BCUT2D eigenvalue weighted by molar-refractivity contribution is 0.413. The van der Waals surface area contributed by atoms with E-state index in [-0.39, 0.29) is 0 Å². The second-order valence-corrected chi connectivity index (χ2v) is 6.99. The van der Waals surface area contributed by atoms with Crippen LogP contribution < -0.4 is 10.1 Å². The first-order chi connectivity index (χ1) is 16.3. The second kappa shape index (κ2) is 9.11. The quantitative estimate of drug-likeness (QED) is 0.405. The van der Waals surface area contributed by atoms with Gasteiger partial charge >= 0.3 is 0 Å². The average Bonchev–Trinajstić information content (AvgIpc) is 3.35. The summed E-state index contributed by atoms with van der Waals surface area (Å²) in [4.78, 5) is 22.0. The Bertz CT molecular complexity index is 1480. The Hall–Kier alpha value is -4.84. The zero-order valence-corrected chi connectivity index (χ0v) is 17.6. The molecule has 0 bridgehead atoms. The van der Waals surface area contributed by atoms with Crippen LogP contribution in [0.1, 0.15) is 17.0 Å². The van der Waals surface area contributed by atoms with Crippen LogP contribution in [0.2, 0.25) is 0 Å². The van der Waals surface area contributed by atoms with E-state index in [1.54, 1.807) is 50.1 Å². The summed E-state index contributed by atoms with van der Waals surface area (Å²) in [6.45, 7) is 0.452. The van der Waals surface area contributed by atoms with E-state index in [0.717, 1.165) is 27.9 Å². The van der Waals surface area contributed by atoms with E-state index in [1.165, 1.54) is 0 Å². The molecule has 0 saturated heterocycles. The average molecular weight is 434 g/mol. The van der Waals surface area contributed by atoms with Gasteiger partial charge in [0.15, 0.2) is 5.82 Å². The molecule has 0 amide bonds. The van der Waals surface area contributed by atoms with Gasteiger partial charge in [0, 0.05) is 35.6 Å². The molecule has 1 aromatic carbocycles. The highest BCUT2D eigenvalue weighted by atomic mass is 16.5. The molecule has 2 N–H and O–H groups in total. The number of aromatic nitrogens is 7. The molecule has 0 radical (unpaired) electrons. The molecule has 4 aromatic heterocycles. The summed E-state index contributed by atoms with van der Waals surface area (Å²) >= 11 is 0. The first-order valence-corrected chi connectivity index (χ1v) is 10.1. The van der Waals surface area contributed by atoms with Gasteiger partial charge in [-0.1, -0.05) is 5.92 Å². The summed E-state index contributed by atoms with van der Waals surface area (Å²) in [6, 6.07) is 13.0. The van der Waals surface area contributed by atoms with Crippen LogP contribution in [0.4, 0.5) is 5.95 Å². The lowest BCUT2D eigenvalue weighted by Crippen LogP contribution is -2.06. The Labute approximate surface area is 189 Å². The van der Waals surface area contributed by atoms with Crippen molar-refractivity contribution in [3.8, 4) is 29.1 Å². The van der Waals surface area contributed by atoms with Crippen molar-refractivity contribution in [3.05, 3.63) is 84.2 Å². The van der Waals surface area contributed by atoms with Crippen molar-refractivity contribution < 1.29 is 4.74 Å². The number of nitrogens with one attached hydrogen (secondary N) is 2. The molecule has 4 heterocycles.